The number of thiophene rings is 1. The van der Waals surface area contributed by atoms with E-state index in [0.717, 1.165) is 11.3 Å². The van der Waals surface area contributed by atoms with Crippen LogP contribution in [0.15, 0.2) is 53.9 Å². The average molecular weight is 278 g/mol. The van der Waals surface area contributed by atoms with Gasteiger partial charge in [-0.2, -0.15) is 5.26 Å². The van der Waals surface area contributed by atoms with Crippen LogP contribution in [0.25, 0.3) is 10.1 Å². The van der Waals surface area contributed by atoms with Crippen molar-refractivity contribution in [1.82, 2.24) is 0 Å². The molecule has 0 saturated heterocycles. The van der Waals surface area contributed by atoms with Crippen molar-refractivity contribution in [1.29, 1.82) is 5.26 Å². The average Bonchev–Trinajstić information content (AvgIpc) is 2.95. The van der Waals surface area contributed by atoms with Crippen LogP contribution in [0.3, 0.4) is 0 Å². The van der Waals surface area contributed by atoms with Gasteiger partial charge in [0.2, 0.25) is 0 Å². The molecule has 1 heterocycles. The fourth-order valence-electron chi connectivity index (χ4n) is 2.27. The molecule has 0 aliphatic rings. The lowest BCUT2D eigenvalue weighted by Crippen LogP contribution is -2.06. The summed E-state index contributed by atoms with van der Waals surface area (Å²) in [6.07, 6.45) is 0. The minimum Gasteiger partial charge on any atom is -0.379 e. The smallest absolute Gasteiger partial charge is 0.0991 e. The lowest BCUT2D eigenvalue weighted by Gasteiger charge is -2.16. The monoisotopic (exact) mass is 278 g/mol. The highest BCUT2D eigenvalue weighted by Crippen LogP contribution is 2.26. The number of nitrogens with zero attached hydrogens (tertiary/aromatic N) is 1. The third-order valence-corrected chi connectivity index (χ3v) is 4.25. The van der Waals surface area contributed by atoms with Gasteiger partial charge >= 0.3 is 0 Å². The summed E-state index contributed by atoms with van der Waals surface area (Å²) < 4.78 is 1.30. The Kier molecular flexibility index (Phi) is 3.41. The Morgan fingerprint density at radius 2 is 2.05 bits per heavy atom. The zero-order chi connectivity index (χ0) is 13.9. The Labute approximate surface area is 122 Å². The summed E-state index contributed by atoms with van der Waals surface area (Å²) in [5.41, 5.74) is 2.92. The molecule has 2 nitrogen and oxygen atoms in total. The van der Waals surface area contributed by atoms with Gasteiger partial charge in [0.25, 0.3) is 0 Å². The molecule has 0 fully saturated rings. The topological polar surface area (TPSA) is 35.8 Å². The minimum absolute atomic E-state index is 0.166. The summed E-state index contributed by atoms with van der Waals surface area (Å²) in [6.45, 7) is 2.11. The fraction of sp³-hybridized carbons (Fsp3) is 0.118. The lowest BCUT2D eigenvalue weighted by atomic mass is 10.1. The van der Waals surface area contributed by atoms with Crippen molar-refractivity contribution < 1.29 is 0 Å². The van der Waals surface area contributed by atoms with E-state index in [1.54, 1.807) is 11.3 Å². The van der Waals surface area contributed by atoms with E-state index in [1.807, 2.05) is 24.3 Å². The van der Waals surface area contributed by atoms with Gasteiger partial charge in [-0.1, -0.05) is 12.1 Å². The highest BCUT2D eigenvalue weighted by atomic mass is 32.1. The van der Waals surface area contributed by atoms with E-state index < -0.39 is 0 Å². The maximum Gasteiger partial charge on any atom is 0.0991 e. The molecule has 0 saturated carbocycles. The lowest BCUT2D eigenvalue weighted by molar-refractivity contribution is 0.884. The number of nitriles is 1. The zero-order valence-corrected chi connectivity index (χ0v) is 11.9. The summed E-state index contributed by atoms with van der Waals surface area (Å²) in [5, 5.41) is 15.8. The second kappa shape index (κ2) is 5.36. The number of hydrogen-bond donors (Lipinski definition) is 1. The van der Waals surface area contributed by atoms with Crippen LogP contribution < -0.4 is 5.32 Å². The Bertz CT molecular complexity index is 783. The third kappa shape index (κ3) is 2.52. The third-order valence-electron chi connectivity index (χ3n) is 3.35. The second-order valence-electron chi connectivity index (χ2n) is 4.78. The maximum atomic E-state index is 8.96. The molecule has 0 aliphatic heterocycles. The van der Waals surface area contributed by atoms with Gasteiger partial charge in [-0.25, -0.2) is 0 Å². The van der Waals surface area contributed by atoms with Crippen LogP contribution in [0.4, 0.5) is 5.69 Å². The van der Waals surface area contributed by atoms with E-state index in [2.05, 4.69) is 48.0 Å². The number of anilines is 1. The SMILES string of the molecule is CC(Nc1ccc2sccc2c1)c1cccc(C#N)c1. The van der Waals surface area contributed by atoms with Crippen LogP contribution in [0, 0.1) is 11.3 Å². The van der Waals surface area contributed by atoms with Gasteiger partial charge in [0, 0.05) is 16.4 Å². The highest BCUT2D eigenvalue weighted by molar-refractivity contribution is 7.17. The van der Waals surface area contributed by atoms with Gasteiger partial charge in [0.05, 0.1) is 11.6 Å². The van der Waals surface area contributed by atoms with E-state index in [-0.39, 0.29) is 6.04 Å². The molecular weight excluding hydrogens is 264 g/mol. The number of rotatable bonds is 3. The molecule has 98 valence electrons. The summed E-state index contributed by atoms with van der Waals surface area (Å²) in [4.78, 5) is 0. The molecule has 1 unspecified atom stereocenters. The van der Waals surface area contributed by atoms with Crippen LogP contribution in [0.1, 0.15) is 24.1 Å². The summed E-state index contributed by atoms with van der Waals surface area (Å²) >= 11 is 1.75. The number of nitrogens with one attached hydrogen (secondary N) is 1. The molecule has 3 heteroatoms. The number of fused-ring (bicyclic) bond motifs is 1. The van der Waals surface area contributed by atoms with E-state index in [9.17, 15) is 0 Å². The van der Waals surface area contributed by atoms with Gasteiger partial charge < -0.3 is 5.32 Å². The molecule has 20 heavy (non-hydrogen) atoms. The molecule has 1 N–H and O–H groups in total. The predicted octanol–water partition coefficient (Wildman–Crippen LogP) is 4.95. The molecule has 0 amide bonds. The Morgan fingerprint density at radius 1 is 1.15 bits per heavy atom. The summed E-state index contributed by atoms with van der Waals surface area (Å²) in [7, 11) is 0. The van der Waals surface area contributed by atoms with Crippen molar-refractivity contribution in [2.24, 2.45) is 0 Å². The van der Waals surface area contributed by atoms with Gasteiger partial charge in [-0.05, 0) is 59.7 Å². The molecule has 1 atom stereocenters. The van der Waals surface area contributed by atoms with Crippen LogP contribution in [0.2, 0.25) is 0 Å². The van der Waals surface area contributed by atoms with Crippen LogP contribution in [0.5, 0.6) is 0 Å². The van der Waals surface area contributed by atoms with Crippen LogP contribution >= 0.6 is 11.3 Å². The Morgan fingerprint density at radius 3 is 2.90 bits per heavy atom. The first-order chi connectivity index (χ1) is 9.76. The van der Waals surface area contributed by atoms with E-state index >= 15 is 0 Å². The Balaban J connectivity index is 1.84. The minimum atomic E-state index is 0.166. The molecule has 2 aromatic carbocycles. The quantitative estimate of drug-likeness (QED) is 0.736. The predicted molar refractivity (Wildman–Crippen MR) is 85.0 cm³/mol. The summed E-state index contributed by atoms with van der Waals surface area (Å²) in [5.74, 6) is 0. The zero-order valence-electron chi connectivity index (χ0n) is 11.1. The van der Waals surface area contributed by atoms with E-state index in [0.29, 0.717) is 5.56 Å². The first-order valence-corrected chi connectivity index (χ1v) is 7.38. The fourth-order valence-corrected chi connectivity index (χ4v) is 3.04. The standard InChI is InChI=1S/C17H14N2S/c1-12(14-4-2-3-13(9-14)11-18)19-16-5-6-17-15(10-16)7-8-20-17/h2-10,12,19H,1H3. The van der Waals surface area contributed by atoms with E-state index in [1.165, 1.54) is 10.1 Å². The van der Waals surface area contributed by atoms with Crippen molar-refractivity contribution >= 4 is 27.1 Å². The molecule has 1 aromatic heterocycles. The highest BCUT2D eigenvalue weighted by Gasteiger charge is 2.06. The molecular formula is C17H14N2S. The Hall–Kier alpha value is -2.31. The molecule has 0 radical (unpaired) electrons. The first-order valence-electron chi connectivity index (χ1n) is 6.50. The van der Waals surface area contributed by atoms with Crippen molar-refractivity contribution in [3.63, 3.8) is 0 Å². The van der Waals surface area contributed by atoms with Crippen LogP contribution in [-0.2, 0) is 0 Å². The van der Waals surface area contributed by atoms with Gasteiger partial charge in [-0.3, -0.25) is 0 Å². The maximum absolute atomic E-state index is 8.96. The van der Waals surface area contributed by atoms with Crippen molar-refractivity contribution in [2.75, 3.05) is 5.32 Å². The largest absolute Gasteiger partial charge is 0.379 e. The van der Waals surface area contributed by atoms with E-state index in [4.69, 9.17) is 5.26 Å². The normalized spacial score (nSPS) is 12.0. The summed E-state index contributed by atoms with van der Waals surface area (Å²) in [6, 6.07) is 18.6. The van der Waals surface area contributed by atoms with Crippen LogP contribution in [-0.4, -0.2) is 0 Å². The van der Waals surface area contributed by atoms with Crippen molar-refractivity contribution in [2.45, 2.75) is 13.0 Å². The molecule has 0 bridgehead atoms. The first kappa shape index (κ1) is 12.7. The number of benzene rings is 2. The second-order valence-corrected chi connectivity index (χ2v) is 5.72. The number of hydrogen-bond acceptors (Lipinski definition) is 3. The molecule has 3 rings (SSSR count). The molecule has 3 aromatic rings. The molecule has 0 spiro atoms. The van der Waals surface area contributed by atoms with Gasteiger partial charge in [0.1, 0.15) is 0 Å². The van der Waals surface area contributed by atoms with Crippen molar-refractivity contribution in [3.05, 3.63) is 65.0 Å². The molecule has 0 aliphatic carbocycles. The van der Waals surface area contributed by atoms with Gasteiger partial charge in [0.15, 0.2) is 0 Å². The van der Waals surface area contributed by atoms with Crippen molar-refractivity contribution in [3.8, 4) is 6.07 Å². The van der Waals surface area contributed by atoms with Gasteiger partial charge in [-0.15, -0.1) is 11.3 Å².